The van der Waals surface area contributed by atoms with E-state index in [2.05, 4.69) is 15.9 Å². The maximum atomic E-state index is 9.53. The van der Waals surface area contributed by atoms with Gasteiger partial charge in [0.05, 0.1) is 6.10 Å². The summed E-state index contributed by atoms with van der Waals surface area (Å²) in [5, 5.41) is 10.2. The molecule has 0 saturated heterocycles. The number of rotatable bonds is 3. The van der Waals surface area contributed by atoms with Gasteiger partial charge >= 0.3 is 0 Å². The molecule has 4 heteroatoms. The van der Waals surface area contributed by atoms with Gasteiger partial charge in [0.2, 0.25) is 0 Å². The number of hydrogen-bond acceptors (Lipinski definition) is 2. The van der Waals surface area contributed by atoms with Crippen molar-refractivity contribution in [3.63, 3.8) is 0 Å². The summed E-state index contributed by atoms with van der Waals surface area (Å²) in [6.45, 7) is 1.72. The van der Waals surface area contributed by atoms with Crippen LogP contribution in [0.3, 0.4) is 0 Å². The van der Waals surface area contributed by atoms with Crippen molar-refractivity contribution in [1.82, 2.24) is 0 Å². The van der Waals surface area contributed by atoms with E-state index >= 15 is 0 Å². The predicted molar refractivity (Wildman–Crippen MR) is 76.3 cm³/mol. The van der Waals surface area contributed by atoms with Crippen LogP contribution in [0.1, 0.15) is 18.6 Å². The third-order valence-corrected chi connectivity index (χ3v) is 3.38. The van der Waals surface area contributed by atoms with Crippen LogP contribution in [-0.2, 0) is 0 Å². The monoisotopic (exact) mass is 326 g/mol. The second kappa shape index (κ2) is 5.74. The van der Waals surface area contributed by atoms with Crippen molar-refractivity contribution < 1.29 is 9.84 Å². The number of halogens is 2. The van der Waals surface area contributed by atoms with Crippen molar-refractivity contribution in [1.29, 1.82) is 0 Å². The summed E-state index contributed by atoms with van der Waals surface area (Å²) in [4.78, 5) is 0. The zero-order valence-electron chi connectivity index (χ0n) is 9.73. The SMILES string of the molecule is C[C@H](O)c1ccc(Oc2cccc(Cl)c2)cc1Br. The average Bonchev–Trinajstić information content (AvgIpc) is 2.28. The lowest BCUT2D eigenvalue weighted by molar-refractivity contribution is 0.198. The number of benzene rings is 2. The van der Waals surface area contributed by atoms with E-state index in [4.69, 9.17) is 16.3 Å². The van der Waals surface area contributed by atoms with Gasteiger partial charge in [-0.2, -0.15) is 0 Å². The Morgan fingerprint density at radius 3 is 2.50 bits per heavy atom. The molecule has 0 spiro atoms. The molecule has 0 aromatic heterocycles. The molecule has 0 saturated carbocycles. The molecule has 2 aromatic rings. The fourth-order valence-electron chi connectivity index (χ4n) is 1.58. The molecule has 2 aromatic carbocycles. The third-order valence-electron chi connectivity index (χ3n) is 2.45. The highest BCUT2D eigenvalue weighted by atomic mass is 79.9. The summed E-state index contributed by atoms with van der Waals surface area (Å²) >= 11 is 9.30. The minimum Gasteiger partial charge on any atom is -0.457 e. The Kier molecular flexibility index (Phi) is 4.27. The summed E-state index contributed by atoms with van der Waals surface area (Å²) < 4.78 is 6.50. The minimum absolute atomic E-state index is 0.514. The van der Waals surface area contributed by atoms with Crippen molar-refractivity contribution in [2.24, 2.45) is 0 Å². The molecule has 2 nitrogen and oxygen atoms in total. The normalized spacial score (nSPS) is 12.2. The molecule has 0 aliphatic rings. The summed E-state index contributed by atoms with van der Waals surface area (Å²) in [6, 6.07) is 12.7. The third kappa shape index (κ3) is 3.25. The van der Waals surface area contributed by atoms with E-state index in [9.17, 15) is 5.11 Å². The molecular weight excluding hydrogens is 316 g/mol. The van der Waals surface area contributed by atoms with Crippen LogP contribution in [0.4, 0.5) is 0 Å². The van der Waals surface area contributed by atoms with Crippen molar-refractivity contribution in [2.45, 2.75) is 13.0 Å². The van der Waals surface area contributed by atoms with Crippen LogP contribution < -0.4 is 4.74 Å². The van der Waals surface area contributed by atoms with Crippen molar-refractivity contribution >= 4 is 27.5 Å². The average molecular weight is 328 g/mol. The van der Waals surface area contributed by atoms with Gasteiger partial charge in [0.15, 0.2) is 0 Å². The smallest absolute Gasteiger partial charge is 0.128 e. The largest absolute Gasteiger partial charge is 0.457 e. The Morgan fingerprint density at radius 2 is 1.89 bits per heavy atom. The van der Waals surface area contributed by atoms with Gasteiger partial charge in [-0.15, -0.1) is 0 Å². The molecule has 0 amide bonds. The van der Waals surface area contributed by atoms with Gasteiger partial charge in [-0.05, 0) is 42.8 Å². The van der Waals surface area contributed by atoms with Crippen LogP contribution in [0.25, 0.3) is 0 Å². The number of ether oxygens (including phenoxy) is 1. The van der Waals surface area contributed by atoms with E-state index in [0.29, 0.717) is 16.5 Å². The fraction of sp³-hybridized carbons (Fsp3) is 0.143. The van der Waals surface area contributed by atoms with Gasteiger partial charge in [0.1, 0.15) is 11.5 Å². The van der Waals surface area contributed by atoms with Crippen LogP contribution in [-0.4, -0.2) is 5.11 Å². The molecule has 0 radical (unpaired) electrons. The quantitative estimate of drug-likeness (QED) is 0.864. The first-order valence-corrected chi connectivity index (χ1v) is 6.64. The molecule has 0 heterocycles. The van der Waals surface area contributed by atoms with Crippen LogP contribution >= 0.6 is 27.5 Å². The van der Waals surface area contributed by atoms with Crippen molar-refractivity contribution in [3.05, 3.63) is 57.5 Å². The Bertz CT molecular complexity index is 555. The lowest BCUT2D eigenvalue weighted by Crippen LogP contribution is -1.93. The molecule has 2 rings (SSSR count). The Balaban J connectivity index is 2.23. The van der Waals surface area contributed by atoms with Crippen molar-refractivity contribution in [2.75, 3.05) is 0 Å². The van der Waals surface area contributed by atoms with Gasteiger partial charge < -0.3 is 9.84 Å². The molecule has 94 valence electrons. The molecule has 0 aliphatic heterocycles. The second-order valence-corrected chi connectivity index (χ2v) is 5.21. The van der Waals surface area contributed by atoms with Gasteiger partial charge in [0, 0.05) is 9.50 Å². The van der Waals surface area contributed by atoms with Crippen LogP contribution in [0.2, 0.25) is 5.02 Å². The van der Waals surface area contributed by atoms with E-state index in [1.807, 2.05) is 30.3 Å². The lowest BCUT2D eigenvalue weighted by atomic mass is 10.1. The molecule has 0 unspecified atom stereocenters. The number of aliphatic hydroxyl groups excluding tert-OH is 1. The zero-order valence-corrected chi connectivity index (χ0v) is 12.1. The first kappa shape index (κ1) is 13.4. The summed E-state index contributed by atoms with van der Waals surface area (Å²) in [6.07, 6.45) is -0.514. The Hall–Kier alpha value is -1.03. The first-order chi connectivity index (χ1) is 8.56. The topological polar surface area (TPSA) is 29.5 Å². The standard InChI is InChI=1S/C14H12BrClO2/c1-9(17)13-6-5-12(8-14(13)15)18-11-4-2-3-10(16)7-11/h2-9,17H,1H3/t9-/m0/s1. The van der Waals surface area contributed by atoms with Crippen LogP contribution in [0.5, 0.6) is 11.5 Å². The predicted octanol–water partition coefficient (Wildman–Crippen LogP) is 4.95. The van der Waals surface area contributed by atoms with Gasteiger partial charge in [0.25, 0.3) is 0 Å². The fourth-order valence-corrected chi connectivity index (χ4v) is 2.45. The van der Waals surface area contributed by atoms with Crippen molar-refractivity contribution in [3.8, 4) is 11.5 Å². The summed E-state index contributed by atoms with van der Waals surface area (Å²) in [5.74, 6) is 1.37. The Labute approximate surface area is 119 Å². The van der Waals surface area contributed by atoms with Gasteiger partial charge in [-0.3, -0.25) is 0 Å². The zero-order chi connectivity index (χ0) is 13.1. The first-order valence-electron chi connectivity index (χ1n) is 5.47. The number of hydrogen-bond donors (Lipinski definition) is 1. The highest BCUT2D eigenvalue weighted by molar-refractivity contribution is 9.10. The molecule has 0 bridgehead atoms. The second-order valence-electron chi connectivity index (χ2n) is 3.92. The molecule has 18 heavy (non-hydrogen) atoms. The minimum atomic E-state index is -0.514. The van der Waals surface area contributed by atoms with Gasteiger partial charge in [-0.25, -0.2) is 0 Å². The lowest BCUT2D eigenvalue weighted by Gasteiger charge is -2.10. The van der Waals surface area contributed by atoms with Crippen LogP contribution in [0, 0.1) is 0 Å². The molecule has 0 fully saturated rings. The Morgan fingerprint density at radius 1 is 1.17 bits per heavy atom. The van der Waals surface area contributed by atoms with Gasteiger partial charge in [-0.1, -0.05) is 39.7 Å². The molecular formula is C14H12BrClO2. The molecule has 1 atom stereocenters. The highest BCUT2D eigenvalue weighted by Crippen LogP contribution is 2.30. The van der Waals surface area contributed by atoms with E-state index in [-0.39, 0.29) is 0 Å². The molecule has 1 N–H and O–H groups in total. The maximum absolute atomic E-state index is 9.53. The van der Waals surface area contributed by atoms with E-state index in [0.717, 1.165) is 10.0 Å². The summed E-state index contributed by atoms with van der Waals surface area (Å²) in [7, 11) is 0. The van der Waals surface area contributed by atoms with E-state index < -0.39 is 6.10 Å². The van der Waals surface area contributed by atoms with E-state index in [1.165, 1.54) is 0 Å². The molecule has 0 aliphatic carbocycles. The van der Waals surface area contributed by atoms with Crippen LogP contribution in [0.15, 0.2) is 46.9 Å². The maximum Gasteiger partial charge on any atom is 0.128 e. The number of aliphatic hydroxyl groups is 1. The summed E-state index contributed by atoms with van der Waals surface area (Å²) in [5.41, 5.74) is 0.827. The van der Waals surface area contributed by atoms with E-state index in [1.54, 1.807) is 19.1 Å². The highest BCUT2D eigenvalue weighted by Gasteiger charge is 2.07.